The van der Waals surface area contributed by atoms with Gasteiger partial charge in [0.05, 0.1) is 5.71 Å². The number of rotatable bonds is 2. The van der Waals surface area contributed by atoms with E-state index in [1.54, 1.807) is 0 Å². The summed E-state index contributed by atoms with van der Waals surface area (Å²) in [4.78, 5) is 2.52. The molecule has 1 fully saturated rings. The lowest BCUT2D eigenvalue weighted by Gasteiger charge is -2.27. The van der Waals surface area contributed by atoms with E-state index >= 15 is 0 Å². The van der Waals surface area contributed by atoms with E-state index < -0.39 is 0 Å². The summed E-state index contributed by atoms with van der Waals surface area (Å²) in [6.07, 6.45) is 9.37. The van der Waals surface area contributed by atoms with Gasteiger partial charge in [-0.2, -0.15) is 5.10 Å². The van der Waals surface area contributed by atoms with Crippen molar-refractivity contribution in [3.63, 3.8) is 0 Å². The van der Waals surface area contributed by atoms with Crippen molar-refractivity contribution >= 4 is 5.71 Å². The molecule has 0 aromatic heterocycles. The van der Waals surface area contributed by atoms with E-state index in [0.717, 1.165) is 13.0 Å². The molecular formula is C11H19N3. The number of likely N-dealkylation sites (tertiary alicyclic amines) is 1. The lowest BCUT2D eigenvalue weighted by molar-refractivity contribution is 0.256. The van der Waals surface area contributed by atoms with Crippen LogP contribution in [-0.2, 0) is 0 Å². The van der Waals surface area contributed by atoms with Crippen molar-refractivity contribution in [2.75, 3.05) is 26.7 Å². The van der Waals surface area contributed by atoms with Gasteiger partial charge in [0, 0.05) is 26.2 Å². The van der Waals surface area contributed by atoms with Gasteiger partial charge in [-0.3, -0.25) is 9.91 Å². The van der Waals surface area contributed by atoms with Crippen LogP contribution in [0.1, 0.15) is 25.7 Å². The summed E-state index contributed by atoms with van der Waals surface area (Å²) in [6.45, 7) is 3.58. The highest BCUT2D eigenvalue weighted by Gasteiger charge is 2.13. The fourth-order valence-electron chi connectivity index (χ4n) is 2.11. The summed E-state index contributed by atoms with van der Waals surface area (Å²) in [7, 11) is 1.99. The first-order valence-electron chi connectivity index (χ1n) is 5.53. The Kier molecular flexibility index (Phi) is 3.19. The number of hydrogen-bond donors (Lipinski definition) is 0. The molecule has 0 spiro atoms. The summed E-state index contributed by atoms with van der Waals surface area (Å²) < 4.78 is 0. The Morgan fingerprint density at radius 2 is 2.07 bits per heavy atom. The van der Waals surface area contributed by atoms with E-state index in [-0.39, 0.29) is 0 Å². The van der Waals surface area contributed by atoms with Crippen molar-refractivity contribution in [1.82, 2.24) is 9.91 Å². The van der Waals surface area contributed by atoms with Crippen molar-refractivity contribution in [1.29, 1.82) is 0 Å². The lowest BCUT2D eigenvalue weighted by atomic mass is 10.1. The molecule has 0 saturated carbocycles. The van der Waals surface area contributed by atoms with Crippen LogP contribution in [0.5, 0.6) is 0 Å². The Balaban J connectivity index is 1.84. The van der Waals surface area contributed by atoms with E-state index in [0.29, 0.717) is 0 Å². The first kappa shape index (κ1) is 9.71. The molecule has 1 saturated heterocycles. The molecule has 2 aliphatic rings. The second-order valence-corrected chi connectivity index (χ2v) is 4.17. The van der Waals surface area contributed by atoms with E-state index in [9.17, 15) is 0 Å². The Hall–Kier alpha value is -0.830. The van der Waals surface area contributed by atoms with Gasteiger partial charge in [-0.05, 0) is 25.9 Å². The van der Waals surface area contributed by atoms with Gasteiger partial charge in [-0.1, -0.05) is 12.5 Å². The molecule has 3 nitrogen and oxygen atoms in total. The van der Waals surface area contributed by atoms with Gasteiger partial charge < -0.3 is 0 Å². The van der Waals surface area contributed by atoms with Crippen molar-refractivity contribution in [3.8, 4) is 0 Å². The quantitative estimate of drug-likeness (QED) is 0.664. The van der Waals surface area contributed by atoms with E-state index in [4.69, 9.17) is 0 Å². The minimum atomic E-state index is 1.03. The molecule has 2 rings (SSSR count). The van der Waals surface area contributed by atoms with Gasteiger partial charge in [0.2, 0.25) is 0 Å². The second-order valence-electron chi connectivity index (χ2n) is 4.17. The monoisotopic (exact) mass is 193 g/mol. The Labute approximate surface area is 86.1 Å². The third-order valence-corrected chi connectivity index (χ3v) is 2.83. The SMILES string of the molecule is CN1C=CCC(CN2CCCCC2)=N1. The number of nitrogens with zero attached hydrogens (tertiary/aromatic N) is 3. The first-order chi connectivity index (χ1) is 6.84. The smallest absolute Gasteiger partial charge is 0.0562 e. The van der Waals surface area contributed by atoms with Gasteiger partial charge in [0.1, 0.15) is 0 Å². The van der Waals surface area contributed by atoms with Crippen LogP contribution in [0.15, 0.2) is 17.4 Å². The minimum absolute atomic E-state index is 1.03. The molecule has 2 heterocycles. The van der Waals surface area contributed by atoms with Crippen LogP contribution >= 0.6 is 0 Å². The molecule has 2 aliphatic heterocycles. The number of hydrazone groups is 1. The van der Waals surface area contributed by atoms with Gasteiger partial charge in [-0.15, -0.1) is 0 Å². The fourth-order valence-corrected chi connectivity index (χ4v) is 2.11. The zero-order chi connectivity index (χ0) is 9.80. The molecule has 0 N–H and O–H groups in total. The minimum Gasteiger partial charge on any atom is -0.298 e. The highest BCUT2D eigenvalue weighted by atomic mass is 15.4. The van der Waals surface area contributed by atoms with Crippen molar-refractivity contribution in [2.24, 2.45) is 5.10 Å². The molecule has 0 bridgehead atoms. The summed E-state index contributed by atoms with van der Waals surface area (Å²) in [5, 5.41) is 6.40. The molecule has 0 radical (unpaired) electrons. The van der Waals surface area contributed by atoms with E-state index in [2.05, 4.69) is 16.1 Å². The normalized spacial score (nSPS) is 23.8. The standard InChI is InChI=1S/C11H19N3/c1-13-7-5-6-11(12-13)10-14-8-3-2-4-9-14/h5,7H,2-4,6,8-10H2,1H3. The predicted octanol–water partition coefficient (Wildman–Crippen LogP) is 1.68. The second kappa shape index (κ2) is 4.60. The highest BCUT2D eigenvalue weighted by molar-refractivity contribution is 5.88. The fraction of sp³-hybridized carbons (Fsp3) is 0.727. The molecule has 0 amide bonds. The van der Waals surface area contributed by atoms with E-state index in [1.807, 2.05) is 18.3 Å². The maximum Gasteiger partial charge on any atom is 0.0562 e. The molecule has 3 heteroatoms. The molecule has 78 valence electrons. The number of hydrogen-bond acceptors (Lipinski definition) is 3. The molecular weight excluding hydrogens is 174 g/mol. The summed E-state index contributed by atoms with van der Waals surface area (Å²) in [5.41, 5.74) is 1.30. The average molecular weight is 193 g/mol. The van der Waals surface area contributed by atoms with Crippen molar-refractivity contribution in [3.05, 3.63) is 12.3 Å². The van der Waals surface area contributed by atoms with Crippen molar-refractivity contribution < 1.29 is 0 Å². The zero-order valence-corrected chi connectivity index (χ0v) is 8.95. The van der Waals surface area contributed by atoms with Crippen LogP contribution in [0.25, 0.3) is 0 Å². The van der Waals surface area contributed by atoms with Gasteiger partial charge in [-0.25, -0.2) is 0 Å². The zero-order valence-electron chi connectivity index (χ0n) is 8.95. The predicted molar refractivity (Wildman–Crippen MR) is 59.2 cm³/mol. The molecule has 0 atom stereocenters. The van der Waals surface area contributed by atoms with Crippen molar-refractivity contribution in [2.45, 2.75) is 25.7 Å². The first-order valence-corrected chi connectivity index (χ1v) is 5.53. The molecule has 0 aliphatic carbocycles. The molecule has 0 unspecified atom stereocenters. The summed E-state index contributed by atoms with van der Waals surface area (Å²) >= 11 is 0. The maximum absolute atomic E-state index is 4.50. The Morgan fingerprint density at radius 1 is 1.29 bits per heavy atom. The van der Waals surface area contributed by atoms with Crippen LogP contribution in [0, 0.1) is 0 Å². The maximum atomic E-state index is 4.50. The number of piperidine rings is 1. The lowest BCUT2D eigenvalue weighted by Crippen LogP contribution is -2.35. The molecule has 0 aromatic carbocycles. The molecule has 0 aromatic rings. The summed E-state index contributed by atoms with van der Waals surface area (Å²) in [6, 6.07) is 0. The highest BCUT2D eigenvalue weighted by Crippen LogP contribution is 2.10. The average Bonchev–Trinajstić information content (AvgIpc) is 2.19. The Morgan fingerprint density at radius 3 is 2.79 bits per heavy atom. The summed E-state index contributed by atoms with van der Waals surface area (Å²) in [5.74, 6) is 0. The van der Waals surface area contributed by atoms with Gasteiger partial charge in [0.15, 0.2) is 0 Å². The largest absolute Gasteiger partial charge is 0.298 e. The molecule has 14 heavy (non-hydrogen) atoms. The van der Waals surface area contributed by atoms with Crippen LogP contribution in [0.2, 0.25) is 0 Å². The van der Waals surface area contributed by atoms with Gasteiger partial charge in [0.25, 0.3) is 0 Å². The number of allylic oxidation sites excluding steroid dienone is 1. The van der Waals surface area contributed by atoms with Crippen LogP contribution in [0.3, 0.4) is 0 Å². The van der Waals surface area contributed by atoms with Gasteiger partial charge >= 0.3 is 0 Å². The topological polar surface area (TPSA) is 18.8 Å². The van der Waals surface area contributed by atoms with E-state index in [1.165, 1.54) is 38.1 Å². The van der Waals surface area contributed by atoms with Crippen LogP contribution in [0.4, 0.5) is 0 Å². The van der Waals surface area contributed by atoms with Crippen LogP contribution in [-0.4, -0.2) is 42.3 Å². The Bertz CT molecular complexity index is 239. The van der Waals surface area contributed by atoms with Crippen LogP contribution < -0.4 is 0 Å². The third-order valence-electron chi connectivity index (χ3n) is 2.83. The third kappa shape index (κ3) is 2.58.